The molecule has 2 heterocycles. The van der Waals surface area contributed by atoms with Crippen molar-refractivity contribution in [1.82, 2.24) is 14.8 Å². The average Bonchev–Trinajstić information content (AvgIpc) is 2.99. The number of pyridine rings is 1. The zero-order chi connectivity index (χ0) is 19.6. The number of primary amides is 1. The molecule has 0 fully saturated rings. The molecule has 0 saturated carbocycles. The van der Waals surface area contributed by atoms with E-state index in [1.54, 1.807) is 6.07 Å². The van der Waals surface area contributed by atoms with Gasteiger partial charge in [-0.25, -0.2) is 9.67 Å². The van der Waals surface area contributed by atoms with Crippen molar-refractivity contribution in [2.45, 2.75) is 26.3 Å². The first kappa shape index (κ1) is 18.7. The predicted octanol–water partition coefficient (Wildman–Crippen LogP) is 2.12. The third kappa shape index (κ3) is 3.56. The number of benzene rings is 1. The summed E-state index contributed by atoms with van der Waals surface area (Å²) in [6.07, 6.45) is 0.464. The number of aromatic nitrogens is 3. The molecular formula is C19H23N5O3. The molecule has 8 heteroatoms. The second kappa shape index (κ2) is 7.63. The van der Waals surface area contributed by atoms with Gasteiger partial charge >= 0.3 is 0 Å². The van der Waals surface area contributed by atoms with E-state index in [4.69, 9.17) is 16.2 Å². The molecule has 0 bridgehead atoms. The summed E-state index contributed by atoms with van der Waals surface area (Å²) in [4.78, 5) is 16.4. The van der Waals surface area contributed by atoms with Crippen LogP contribution in [-0.2, 0) is 0 Å². The van der Waals surface area contributed by atoms with Gasteiger partial charge in [-0.1, -0.05) is 6.07 Å². The van der Waals surface area contributed by atoms with Crippen LogP contribution >= 0.6 is 0 Å². The number of nitrogen functional groups attached to an aromatic ring is 1. The number of hydrogen-bond donors (Lipinski definition) is 3. The first-order valence-corrected chi connectivity index (χ1v) is 8.78. The van der Waals surface area contributed by atoms with Crippen LogP contribution in [0.5, 0.6) is 5.88 Å². The van der Waals surface area contributed by atoms with Crippen LogP contribution in [0.25, 0.3) is 22.2 Å². The van der Waals surface area contributed by atoms with E-state index in [9.17, 15) is 9.90 Å². The van der Waals surface area contributed by atoms with Crippen LogP contribution in [-0.4, -0.2) is 39.0 Å². The topological polar surface area (TPSA) is 129 Å². The Kier molecular flexibility index (Phi) is 5.27. The molecule has 0 aliphatic heterocycles. The van der Waals surface area contributed by atoms with Gasteiger partial charge in [-0.2, -0.15) is 5.10 Å². The van der Waals surface area contributed by atoms with Crippen molar-refractivity contribution in [1.29, 1.82) is 0 Å². The Hall–Kier alpha value is -3.13. The third-order valence-corrected chi connectivity index (χ3v) is 4.39. The number of nitrogens with zero attached hydrogens (tertiary/aromatic N) is 3. The molecular weight excluding hydrogens is 346 g/mol. The first-order chi connectivity index (χ1) is 13.0. The molecule has 0 saturated heterocycles. The normalized spacial score (nSPS) is 12.3. The second-order valence-corrected chi connectivity index (χ2v) is 6.27. The smallest absolute Gasteiger partial charge is 0.254 e. The van der Waals surface area contributed by atoms with Crippen molar-refractivity contribution in [3.8, 4) is 17.1 Å². The fraction of sp³-hybridized carbons (Fsp3) is 0.316. The van der Waals surface area contributed by atoms with Crippen molar-refractivity contribution < 1.29 is 14.6 Å². The fourth-order valence-corrected chi connectivity index (χ4v) is 3.02. The van der Waals surface area contributed by atoms with Crippen LogP contribution in [0.15, 0.2) is 30.3 Å². The number of aliphatic hydroxyl groups excluding tert-OH is 1. The quantitative estimate of drug-likeness (QED) is 0.585. The number of rotatable bonds is 7. The molecule has 3 rings (SSSR count). The molecule has 142 valence electrons. The van der Waals surface area contributed by atoms with Gasteiger partial charge in [-0.15, -0.1) is 0 Å². The highest BCUT2D eigenvalue weighted by Gasteiger charge is 2.23. The lowest BCUT2D eigenvalue weighted by Crippen LogP contribution is -2.16. The highest BCUT2D eigenvalue weighted by Crippen LogP contribution is 2.31. The summed E-state index contributed by atoms with van der Waals surface area (Å²) in [6, 6.07) is 9.06. The number of ether oxygens (including phenoxy) is 1. The van der Waals surface area contributed by atoms with Gasteiger partial charge in [0, 0.05) is 23.6 Å². The molecule has 0 spiro atoms. The Morgan fingerprint density at radius 3 is 2.78 bits per heavy atom. The summed E-state index contributed by atoms with van der Waals surface area (Å²) in [5, 5.41) is 14.6. The largest absolute Gasteiger partial charge is 0.478 e. The van der Waals surface area contributed by atoms with E-state index < -0.39 is 5.91 Å². The number of nitrogens with two attached hydrogens (primary N) is 2. The highest BCUT2D eigenvalue weighted by atomic mass is 16.5. The lowest BCUT2D eigenvalue weighted by Gasteiger charge is -2.12. The first-order valence-electron chi connectivity index (χ1n) is 8.78. The summed E-state index contributed by atoms with van der Waals surface area (Å²) in [5.41, 5.74) is 13.8. The summed E-state index contributed by atoms with van der Waals surface area (Å²) >= 11 is 0. The second-order valence-electron chi connectivity index (χ2n) is 6.27. The highest BCUT2D eigenvalue weighted by molar-refractivity contribution is 6.04. The number of aliphatic hydroxyl groups is 1. The van der Waals surface area contributed by atoms with Gasteiger partial charge in [0.2, 0.25) is 5.88 Å². The average molecular weight is 369 g/mol. The maximum absolute atomic E-state index is 12.0. The minimum absolute atomic E-state index is 0.00842. The monoisotopic (exact) mass is 369 g/mol. The molecule has 0 aliphatic rings. The van der Waals surface area contributed by atoms with E-state index in [-0.39, 0.29) is 24.0 Å². The van der Waals surface area contributed by atoms with Gasteiger partial charge in [0.05, 0.1) is 18.2 Å². The maximum atomic E-state index is 12.0. The zero-order valence-corrected chi connectivity index (χ0v) is 15.3. The van der Waals surface area contributed by atoms with E-state index in [1.165, 1.54) is 4.68 Å². The Morgan fingerprint density at radius 2 is 2.11 bits per heavy atom. The Morgan fingerprint density at radius 1 is 1.33 bits per heavy atom. The molecule has 1 amide bonds. The van der Waals surface area contributed by atoms with Gasteiger partial charge < -0.3 is 21.3 Å². The zero-order valence-electron chi connectivity index (χ0n) is 15.3. The predicted molar refractivity (Wildman–Crippen MR) is 103 cm³/mol. The molecule has 0 radical (unpaired) electrons. The van der Waals surface area contributed by atoms with Crippen LogP contribution in [0, 0.1) is 0 Å². The minimum Gasteiger partial charge on any atom is -0.478 e. The minimum atomic E-state index is -0.644. The molecule has 1 atom stereocenters. The van der Waals surface area contributed by atoms with Crippen LogP contribution in [0.4, 0.5) is 5.82 Å². The van der Waals surface area contributed by atoms with Crippen LogP contribution in [0.2, 0.25) is 0 Å². The standard InChI is InChI=1S/C19H23N5O3/c1-3-27-15-7-5-12-10-13(4-6-14(12)22-15)17-16(19(21)26)18(20)24(23-17)11(2)8-9-25/h4-7,10-11,25H,3,8-9,20H2,1-2H3,(H2,21,26). The van der Waals surface area contributed by atoms with Gasteiger partial charge in [-0.05, 0) is 38.5 Å². The number of amides is 1. The van der Waals surface area contributed by atoms with E-state index in [2.05, 4.69) is 10.1 Å². The van der Waals surface area contributed by atoms with Crippen LogP contribution in [0.3, 0.4) is 0 Å². The number of anilines is 1. The number of fused-ring (bicyclic) bond motifs is 1. The number of hydrogen-bond acceptors (Lipinski definition) is 6. The molecule has 1 unspecified atom stereocenters. The van der Waals surface area contributed by atoms with Crippen molar-refractivity contribution in [2.24, 2.45) is 5.73 Å². The van der Waals surface area contributed by atoms with E-state index in [1.807, 2.05) is 38.1 Å². The SMILES string of the molecule is CCOc1ccc2cc(-c3nn(C(C)CCO)c(N)c3C(N)=O)ccc2n1. The van der Waals surface area contributed by atoms with Crippen molar-refractivity contribution in [2.75, 3.05) is 18.9 Å². The third-order valence-electron chi connectivity index (χ3n) is 4.39. The van der Waals surface area contributed by atoms with Crippen molar-refractivity contribution in [3.05, 3.63) is 35.9 Å². The van der Waals surface area contributed by atoms with Crippen molar-refractivity contribution >= 4 is 22.6 Å². The summed E-state index contributed by atoms with van der Waals surface area (Å²) in [6.45, 7) is 4.30. The van der Waals surface area contributed by atoms with Crippen molar-refractivity contribution in [3.63, 3.8) is 0 Å². The van der Waals surface area contributed by atoms with Gasteiger partial charge in [0.15, 0.2) is 0 Å². The molecule has 5 N–H and O–H groups in total. The number of carbonyl (C=O) groups is 1. The van der Waals surface area contributed by atoms with E-state index in [0.29, 0.717) is 30.2 Å². The van der Waals surface area contributed by atoms with E-state index >= 15 is 0 Å². The molecule has 8 nitrogen and oxygen atoms in total. The Bertz CT molecular complexity index is 983. The molecule has 1 aromatic carbocycles. The lowest BCUT2D eigenvalue weighted by atomic mass is 10.0. The summed E-state index contributed by atoms with van der Waals surface area (Å²) in [7, 11) is 0. The Labute approximate surface area is 156 Å². The van der Waals surface area contributed by atoms with Crippen LogP contribution < -0.4 is 16.2 Å². The maximum Gasteiger partial charge on any atom is 0.254 e. The van der Waals surface area contributed by atoms with Gasteiger partial charge in [-0.3, -0.25) is 4.79 Å². The van der Waals surface area contributed by atoms with Crippen LogP contribution in [0.1, 0.15) is 36.7 Å². The molecule has 2 aromatic heterocycles. The van der Waals surface area contributed by atoms with Gasteiger partial charge in [0.25, 0.3) is 5.91 Å². The Balaban J connectivity index is 2.10. The van der Waals surface area contributed by atoms with E-state index in [0.717, 1.165) is 10.9 Å². The summed E-state index contributed by atoms with van der Waals surface area (Å²) in [5.74, 6) is 0.111. The van der Waals surface area contributed by atoms with Gasteiger partial charge in [0.1, 0.15) is 17.1 Å². The number of carbonyl (C=O) groups excluding carboxylic acids is 1. The molecule has 0 aliphatic carbocycles. The lowest BCUT2D eigenvalue weighted by molar-refractivity contribution is 0.100. The summed E-state index contributed by atoms with van der Waals surface area (Å²) < 4.78 is 6.96. The fourth-order valence-electron chi connectivity index (χ4n) is 3.02. The molecule has 27 heavy (non-hydrogen) atoms. The molecule has 3 aromatic rings.